The van der Waals surface area contributed by atoms with Crippen LogP contribution < -0.4 is 10.4 Å². The molecular weight excluding hydrogens is 466 g/mol. The summed E-state index contributed by atoms with van der Waals surface area (Å²) < 4.78 is 10.7. The van der Waals surface area contributed by atoms with E-state index in [1.54, 1.807) is 36.4 Å². The Balaban J connectivity index is 1.89. The average Bonchev–Trinajstić information content (AvgIpc) is 2.87. The molecule has 0 fully saturated rings. The smallest absolute Gasteiger partial charge is 0.344 e. The maximum absolute atomic E-state index is 13.4. The maximum Gasteiger partial charge on any atom is 0.344 e. The van der Waals surface area contributed by atoms with Crippen LogP contribution in [0.1, 0.15) is 28.2 Å². The minimum absolute atomic E-state index is 0.0716. The molecule has 1 aromatic heterocycles. The lowest BCUT2D eigenvalue weighted by molar-refractivity contribution is -0.385. The number of hydrogen-bond acceptors (Lipinski definition) is 8. The molecule has 0 saturated heterocycles. The fraction of sp³-hybridized carbons (Fsp3) is 0.111. The number of Topliss-reactive ketones (excluding diaryl/α,β-unsaturated/α-hetero) is 1. The van der Waals surface area contributed by atoms with Gasteiger partial charge in [-0.15, -0.1) is 0 Å². The van der Waals surface area contributed by atoms with Crippen LogP contribution in [0.25, 0.3) is 16.7 Å². The summed E-state index contributed by atoms with van der Waals surface area (Å²) in [5, 5.41) is 34.3. The predicted octanol–water partition coefficient (Wildman–Crippen LogP) is 4.64. The molecule has 3 aromatic carbocycles. The molecule has 0 saturated carbocycles. The summed E-state index contributed by atoms with van der Waals surface area (Å²) in [6, 6.07) is 16.8. The van der Waals surface area contributed by atoms with Crippen LogP contribution in [0.2, 0.25) is 0 Å². The van der Waals surface area contributed by atoms with Gasteiger partial charge in [0.25, 0.3) is 5.69 Å². The molecule has 0 aliphatic heterocycles. The molecule has 2 N–H and O–H groups in total. The van der Waals surface area contributed by atoms with Gasteiger partial charge in [-0.2, -0.15) is 0 Å². The zero-order valence-corrected chi connectivity index (χ0v) is 18.9. The highest BCUT2D eigenvalue weighted by Gasteiger charge is 2.37. The highest BCUT2D eigenvalue weighted by Crippen LogP contribution is 2.44. The largest absolute Gasteiger partial charge is 0.507 e. The average molecular weight is 485 g/mol. The van der Waals surface area contributed by atoms with Crippen molar-refractivity contribution in [2.45, 2.75) is 12.3 Å². The third kappa shape index (κ3) is 3.67. The number of carbonyl (C=O) groups excluding carboxylic acids is 1. The first-order valence-electron chi connectivity index (χ1n) is 10.9. The number of ether oxygens (including phenoxy) is 1. The molecular formula is C27H19NO8. The lowest BCUT2D eigenvalue weighted by Gasteiger charge is -2.26. The monoisotopic (exact) mass is 485 g/mol. The summed E-state index contributed by atoms with van der Waals surface area (Å²) in [6.07, 6.45) is -0.0716. The number of methoxy groups -OCH3 is 1. The van der Waals surface area contributed by atoms with E-state index < -0.39 is 28.0 Å². The number of nitro benzene ring substituents is 1. The number of aromatic hydroxyl groups is 1. The van der Waals surface area contributed by atoms with Gasteiger partial charge in [0, 0.05) is 18.1 Å². The minimum atomic E-state index is -1.39. The zero-order valence-electron chi connectivity index (χ0n) is 18.9. The third-order valence-electron chi connectivity index (χ3n) is 6.27. The Hall–Kier alpha value is -4.92. The van der Waals surface area contributed by atoms with Crippen LogP contribution in [0.15, 0.2) is 81.5 Å². The van der Waals surface area contributed by atoms with Gasteiger partial charge in [0.2, 0.25) is 0 Å². The minimum Gasteiger partial charge on any atom is -0.507 e. The topological polar surface area (TPSA) is 140 Å². The van der Waals surface area contributed by atoms with E-state index in [9.17, 15) is 29.9 Å². The van der Waals surface area contributed by atoms with Gasteiger partial charge in [-0.05, 0) is 29.3 Å². The number of ketones is 1. The molecule has 1 unspecified atom stereocenters. The molecule has 1 heterocycles. The Morgan fingerprint density at radius 1 is 1.03 bits per heavy atom. The van der Waals surface area contributed by atoms with Gasteiger partial charge in [-0.3, -0.25) is 14.9 Å². The summed E-state index contributed by atoms with van der Waals surface area (Å²) >= 11 is 0. The van der Waals surface area contributed by atoms with Crippen molar-refractivity contribution in [1.29, 1.82) is 0 Å². The number of para-hydroxylation sites is 1. The molecule has 0 bridgehead atoms. The van der Waals surface area contributed by atoms with Crippen molar-refractivity contribution < 1.29 is 29.1 Å². The summed E-state index contributed by atoms with van der Waals surface area (Å²) in [7, 11) is 1.32. The quantitative estimate of drug-likeness (QED) is 0.237. The highest BCUT2D eigenvalue weighted by molar-refractivity contribution is 6.07. The number of nitrogens with zero attached hydrogens (tertiary/aromatic N) is 1. The van der Waals surface area contributed by atoms with Gasteiger partial charge in [-0.1, -0.05) is 36.4 Å². The molecule has 1 aliphatic carbocycles. The van der Waals surface area contributed by atoms with E-state index in [2.05, 4.69) is 0 Å². The van der Waals surface area contributed by atoms with Gasteiger partial charge in [0.15, 0.2) is 5.78 Å². The van der Waals surface area contributed by atoms with Gasteiger partial charge < -0.3 is 19.4 Å². The molecule has 5 rings (SSSR count). The fourth-order valence-electron chi connectivity index (χ4n) is 4.62. The molecule has 9 heteroatoms. The second kappa shape index (κ2) is 8.70. The lowest BCUT2D eigenvalue weighted by atomic mass is 9.77. The van der Waals surface area contributed by atoms with Crippen molar-refractivity contribution in [3.63, 3.8) is 0 Å². The first-order chi connectivity index (χ1) is 17.3. The number of hydrogen-bond donors (Lipinski definition) is 2. The van der Waals surface area contributed by atoms with Crippen molar-refractivity contribution in [3.05, 3.63) is 115 Å². The summed E-state index contributed by atoms with van der Waals surface area (Å²) in [5.41, 5.74) is -0.630. The molecule has 0 radical (unpaired) electrons. The van der Waals surface area contributed by atoms with Gasteiger partial charge in [0.05, 0.1) is 40.5 Å². The van der Waals surface area contributed by atoms with Crippen LogP contribution in [0.3, 0.4) is 0 Å². The molecule has 4 aromatic rings. The van der Waals surface area contributed by atoms with Crippen LogP contribution in [0.4, 0.5) is 5.69 Å². The Labute approximate surface area is 203 Å². The number of aliphatic hydroxyl groups is 1. The van der Waals surface area contributed by atoms with Gasteiger partial charge >= 0.3 is 5.63 Å². The van der Waals surface area contributed by atoms with Crippen LogP contribution in [0, 0.1) is 10.1 Å². The number of fused-ring (bicyclic) bond motifs is 2. The van der Waals surface area contributed by atoms with E-state index in [0.717, 1.165) is 0 Å². The first kappa shape index (κ1) is 22.9. The maximum atomic E-state index is 13.4. The Bertz CT molecular complexity index is 1650. The van der Waals surface area contributed by atoms with E-state index in [-0.39, 0.29) is 51.3 Å². The lowest BCUT2D eigenvalue weighted by Crippen LogP contribution is -2.25. The van der Waals surface area contributed by atoms with Crippen molar-refractivity contribution in [2.24, 2.45) is 0 Å². The molecule has 9 nitrogen and oxygen atoms in total. The van der Waals surface area contributed by atoms with Crippen molar-refractivity contribution in [3.8, 4) is 11.5 Å². The second-order valence-electron chi connectivity index (χ2n) is 8.32. The molecule has 180 valence electrons. The second-order valence-corrected chi connectivity index (χ2v) is 8.32. The number of nitro groups is 1. The standard InChI is InChI=1S/C27H19NO8/c1-35-17-11-15(10-16(13-17)28(33)34)22(23-20(29)12-14-6-2-3-7-18(14)25(23)30)24-26(31)19-8-4-5-9-21(19)36-27(24)32/h2-11,13,22,30-31H,12H2,1H3. The molecule has 0 amide bonds. The Morgan fingerprint density at radius 2 is 1.75 bits per heavy atom. The summed E-state index contributed by atoms with van der Waals surface area (Å²) in [6.45, 7) is 0. The highest BCUT2D eigenvalue weighted by atomic mass is 16.6. The Morgan fingerprint density at radius 3 is 2.50 bits per heavy atom. The fourth-order valence-corrected chi connectivity index (χ4v) is 4.62. The van der Waals surface area contributed by atoms with E-state index in [1.165, 1.54) is 37.4 Å². The zero-order chi connectivity index (χ0) is 25.6. The normalized spacial score (nSPS) is 14.0. The van der Waals surface area contributed by atoms with E-state index >= 15 is 0 Å². The number of aliphatic hydroxyl groups excluding tert-OH is 1. The summed E-state index contributed by atoms with van der Waals surface area (Å²) in [5.74, 6) is -2.64. The van der Waals surface area contributed by atoms with Gasteiger partial charge in [-0.25, -0.2) is 4.79 Å². The number of allylic oxidation sites excluding steroid dienone is 1. The number of non-ortho nitro benzene ring substituents is 1. The van der Waals surface area contributed by atoms with Crippen LogP contribution in [0.5, 0.6) is 11.5 Å². The van der Waals surface area contributed by atoms with Crippen molar-refractivity contribution in [1.82, 2.24) is 0 Å². The van der Waals surface area contributed by atoms with E-state index in [4.69, 9.17) is 9.15 Å². The van der Waals surface area contributed by atoms with Crippen LogP contribution in [-0.4, -0.2) is 28.0 Å². The van der Waals surface area contributed by atoms with Crippen LogP contribution in [-0.2, 0) is 11.2 Å². The van der Waals surface area contributed by atoms with Crippen LogP contribution >= 0.6 is 0 Å². The number of carbonyl (C=O) groups is 1. The van der Waals surface area contributed by atoms with Crippen molar-refractivity contribution >= 4 is 28.2 Å². The first-order valence-corrected chi connectivity index (χ1v) is 10.9. The van der Waals surface area contributed by atoms with Crippen molar-refractivity contribution in [2.75, 3.05) is 7.11 Å². The molecule has 1 aliphatic rings. The SMILES string of the molecule is COc1cc(C(C2=C(O)c3ccccc3CC2=O)c2c(O)c3ccccc3oc2=O)cc([N+](=O)[O-])c1. The molecule has 1 atom stereocenters. The third-order valence-corrected chi connectivity index (χ3v) is 6.27. The molecule has 36 heavy (non-hydrogen) atoms. The summed E-state index contributed by atoms with van der Waals surface area (Å²) in [4.78, 5) is 37.7. The predicted molar refractivity (Wildman–Crippen MR) is 130 cm³/mol. The Kier molecular flexibility index (Phi) is 5.52. The number of benzene rings is 3. The molecule has 0 spiro atoms. The van der Waals surface area contributed by atoms with Gasteiger partial charge in [0.1, 0.15) is 22.8 Å². The number of rotatable bonds is 5. The van der Waals surface area contributed by atoms with E-state index in [1.807, 2.05) is 0 Å². The van der Waals surface area contributed by atoms with E-state index in [0.29, 0.717) is 11.1 Å².